The van der Waals surface area contributed by atoms with Gasteiger partial charge in [0, 0.05) is 12.4 Å². The highest BCUT2D eigenvalue weighted by Gasteiger charge is 2.57. The van der Waals surface area contributed by atoms with Gasteiger partial charge in [-0.15, -0.1) is 0 Å². The first-order valence-electron chi connectivity index (χ1n) is 19.8. The van der Waals surface area contributed by atoms with E-state index < -0.39 is 56.8 Å². The fourth-order valence-corrected chi connectivity index (χ4v) is 10.6. The number of aromatic nitrogens is 3. The predicted octanol–water partition coefficient (Wildman–Crippen LogP) is 7.29. The number of esters is 3. The summed E-state index contributed by atoms with van der Waals surface area (Å²) in [5, 5.41) is 11.2. The number of H-pyrrole nitrogens is 2. The van der Waals surface area contributed by atoms with E-state index in [1.165, 1.54) is 31.0 Å². The average Bonchev–Trinajstić information content (AvgIpc) is 3.79. The highest BCUT2D eigenvalue weighted by Crippen LogP contribution is 2.60. The number of ether oxygens (including phenoxy) is 4. The van der Waals surface area contributed by atoms with Crippen molar-refractivity contribution >= 4 is 47.9 Å². The van der Waals surface area contributed by atoms with E-state index in [2.05, 4.69) is 15.0 Å². The quantitative estimate of drug-likeness (QED) is 0.0392. The van der Waals surface area contributed by atoms with E-state index in [0.717, 1.165) is 18.8 Å². The molecule has 0 spiro atoms. The number of carbonyl (C=O) groups is 4. The van der Waals surface area contributed by atoms with Gasteiger partial charge < -0.3 is 24.1 Å². The lowest BCUT2D eigenvalue weighted by Crippen LogP contribution is -2.47. The molecule has 0 saturated heterocycles. The lowest BCUT2D eigenvalue weighted by atomic mass is 9.61. The van der Waals surface area contributed by atoms with Gasteiger partial charge >= 0.3 is 29.6 Å². The Kier molecular flexibility index (Phi) is 14.5. The van der Waals surface area contributed by atoms with E-state index in [-0.39, 0.29) is 43.4 Å². The van der Waals surface area contributed by atoms with Crippen LogP contribution in [0.5, 0.6) is 0 Å². The van der Waals surface area contributed by atoms with E-state index in [9.17, 15) is 29.1 Å². The number of aliphatic carboxylic acids is 1. The van der Waals surface area contributed by atoms with E-state index in [1.54, 1.807) is 55.4 Å². The second kappa shape index (κ2) is 17.8. The number of hydrogen-bond acceptors (Lipinski definition) is 12. The van der Waals surface area contributed by atoms with Crippen molar-refractivity contribution in [1.82, 2.24) is 15.0 Å². The smallest absolute Gasteiger partial charge is 0.327 e. The predicted molar refractivity (Wildman–Crippen MR) is 210 cm³/mol. The molecular formula is C40H63N3O10S2. The van der Waals surface area contributed by atoms with Crippen molar-refractivity contribution in [3.63, 3.8) is 0 Å². The fraction of sp³-hybridized carbons (Fsp3) is 0.825. The summed E-state index contributed by atoms with van der Waals surface area (Å²) in [6.45, 7) is 15.9. The Labute approximate surface area is 334 Å². The zero-order chi connectivity index (χ0) is 41.0. The summed E-state index contributed by atoms with van der Waals surface area (Å²) < 4.78 is 23.6. The van der Waals surface area contributed by atoms with Crippen molar-refractivity contribution in [2.24, 2.45) is 45.3 Å². The minimum absolute atomic E-state index is 0.0276. The van der Waals surface area contributed by atoms with Gasteiger partial charge in [-0.1, -0.05) is 25.1 Å². The Balaban J connectivity index is 1.45. The molecule has 8 unspecified atom stereocenters. The Bertz CT molecular complexity index is 1640. The van der Waals surface area contributed by atoms with Gasteiger partial charge in [0.2, 0.25) is 4.77 Å². The summed E-state index contributed by atoms with van der Waals surface area (Å²) in [6.07, 6.45) is 6.14. The third-order valence-electron chi connectivity index (χ3n) is 12.0. The molecule has 2 bridgehead atoms. The fourth-order valence-electron chi connectivity index (χ4n) is 9.61. The summed E-state index contributed by atoms with van der Waals surface area (Å²) in [5.74, 6) is 0.198. The number of thioether (sulfide) groups is 1. The van der Waals surface area contributed by atoms with Gasteiger partial charge in [-0.2, -0.15) is 4.98 Å². The van der Waals surface area contributed by atoms with E-state index >= 15 is 0 Å². The summed E-state index contributed by atoms with van der Waals surface area (Å²) >= 11 is 6.27. The summed E-state index contributed by atoms with van der Waals surface area (Å²) in [7, 11) is 0. The first-order chi connectivity index (χ1) is 25.5. The molecule has 55 heavy (non-hydrogen) atoms. The molecule has 4 rings (SSSR count). The molecular weight excluding hydrogens is 747 g/mol. The monoisotopic (exact) mass is 809 g/mol. The number of carboxylic acids is 1. The largest absolute Gasteiger partial charge is 0.481 e. The van der Waals surface area contributed by atoms with Crippen LogP contribution in [0.4, 0.5) is 0 Å². The highest BCUT2D eigenvalue weighted by atomic mass is 32.2. The number of hydrogen-bond donors (Lipinski definition) is 3. The third kappa shape index (κ3) is 11.4. The van der Waals surface area contributed by atoms with Crippen molar-refractivity contribution in [1.29, 1.82) is 0 Å². The topological polar surface area (TPSA) is 187 Å². The molecule has 1 heterocycles. The number of carboxylic acid groups (broad SMARTS) is 1. The molecule has 0 amide bonds. The standard InChI is InChI=1S/C40H63N3O10S2/c1-10-38(7,32(48)53-36(2,3)4)22-39(8,29(44)45)23-40(9,31(47)51-17-16-50-15-12-18-55-35-42-33(49)41-34(54)43-35)21-37(5,6)30(46)52-28-20-24-19-27(28)26-14-11-13-25(24)26/h24-28H,10-23H2,1-9H3,(H,44,45)(H2,41,42,43,49,54). The molecule has 1 aromatic rings. The first-order valence-corrected chi connectivity index (χ1v) is 21.2. The van der Waals surface area contributed by atoms with Crippen LogP contribution in [0.1, 0.15) is 127 Å². The SMILES string of the molecule is CCC(C)(CC(C)(CC(C)(CC(C)(C)C(=O)OC1CC2CC1C1CCCC21)C(=O)OCCOCCCSc1nc(=S)[nH]c(=O)[nH]1)C(=O)O)C(=O)OC(C)(C)C. The lowest BCUT2D eigenvalue weighted by molar-refractivity contribution is -0.175. The summed E-state index contributed by atoms with van der Waals surface area (Å²) in [5.41, 5.74) is -6.55. The number of rotatable bonds is 20. The Morgan fingerprint density at radius 2 is 1.51 bits per heavy atom. The van der Waals surface area contributed by atoms with Gasteiger partial charge in [0.05, 0.1) is 28.3 Å². The summed E-state index contributed by atoms with van der Waals surface area (Å²) in [4.78, 5) is 75.4. The second-order valence-electron chi connectivity index (χ2n) is 18.6. The molecule has 0 aromatic carbocycles. The Morgan fingerprint density at radius 3 is 2.15 bits per heavy atom. The van der Waals surface area contributed by atoms with Crippen molar-refractivity contribution in [3.05, 3.63) is 15.3 Å². The molecule has 13 nitrogen and oxygen atoms in total. The van der Waals surface area contributed by atoms with Gasteiger partial charge in [0.1, 0.15) is 18.3 Å². The minimum Gasteiger partial charge on any atom is -0.481 e. The lowest BCUT2D eigenvalue weighted by Gasteiger charge is -2.42. The van der Waals surface area contributed by atoms with Crippen LogP contribution in [-0.4, -0.2) is 81.2 Å². The van der Waals surface area contributed by atoms with Gasteiger partial charge in [-0.3, -0.25) is 29.1 Å². The summed E-state index contributed by atoms with van der Waals surface area (Å²) in [6, 6.07) is 0. The van der Waals surface area contributed by atoms with Crippen molar-refractivity contribution < 1.29 is 43.2 Å². The maximum atomic E-state index is 14.2. The minimum atomic E-state index is -1.58. The molecule has 3 N–H and O–H groups in total. The van der Waals surface area contributed by atoms with E-state index in [4.69, 9.17) is 31.2 Å². The Hall–Kier alpha value is -2.78. The second-order valence-corrected chi connectivity index (χ2v) is 20.1. The van der Waals surface area contributed by atoms with Crippen LogP contribution >= 0.6 is 24.0 Å². The number of aromatic amines is 2. The van der Waals surface area contributed by atoms with Gasteiger partial charge in [0.25, 0.3) is 0 Å². The number of nitrogens with one attached hydrogen (secondary N) is 2. The number of fused-ring (bicyclic) bond motifs is 5. The molecule has 3 aliphatic rings. The first kappa shape index (κ1) is 44.9. The van der Waals surface area contributed by atoms with Crippen LogP contribution in [0, 0.1) is 50.1 Å². The number of nitrogens with zero attached hydrogens (tertiary/aromatic N) is 1. The Morgan fingerprint density at radius 1 is 0.836 bits per heavy atom. The molecule has 310 valence electrons. The molecule has 0 aliphatic heterocycles. The van der Waals surface area contributed by atoms with Crippen molar-refractivity contribution in [3.8, 4) is 0 Å². The normalized spacial score (nSPS) is 25.3. The van der Waals surface area contributed by atoms with Gasteiger partial charge in [-0.05, 0) is 149 Å². The van der Waals surface area contributed by atoms with Crippen LogP contribution in [-0.2, 0) is 38.1 Å². The third-order valence-corrected chi connectivity index (χ3v) is 13.2. The van der Waals surface area contributed by atoms with Crippen LogP contribution in [0.3, 0.4) is 0 Å². The van der Waals surface area contributed by atoms with Crippen molar-refractivity contribution in [2.45, 2.75) is 143 Å². The molecule has 1 aromatic heterocycles. The molecule has 15 heteroatoms. The van der Waals surface area contributed by atoms with Gasteiger partial charge in [-0.25, -0.2) is 4.79 Å². The molecule has 8 atom stereocenters. The molecule has 3 fully saturated rings. The van der Waals surface area contributed by atoms with E-state index in [1.807, 2.05) is 6.92 Å². The van der Waals surface area contributed by atoms with Crippen LogP contribution in [0.15, 0.2) is 9.95 Å². The maximum absolute atomic E-state index is 14.2. The highest BCUT2D eigenvalue weighted by molar-refractivity contribution is 7.99. The van der Waals surface area contributed by atoms with Crippen LogP contribution < -0.4 is 5.69 Å². The number of carbonyl (C=O) groups excluding carboxylic acids is 3. The van der Waals surface area contributed by atoms with Crippen LogP contribution in [0.25, 0.3) is 0 Å². The van der Waals surface area contributed by atoms with Crippen LogP contribution in [0.2, 0.25) is 0 Å². The zero-order valence-corrected chi connectivity index (χ0v) is 35.8. The van der Waals surface area contributed by atoms with Gasteiger partial charge in [0.15, 0.2) is 5.16 Å². The van der Waals surface area contributed by atoms with E-state index in [0.29, 0.717) is 48.1 Å². The molecule has 3 saturated carbocycles. The zero-order valence-electron chi connectivity index (χ0n) is 34.2. The molecule has 3 aliphatic carbocycles. The van der Waals surface area contributed by atoms with Crippen molar-refractivity contribution in [2.75, 3.05) is 25.6 Å². The average molecular weight is 810 g/mol. The molecule has 0 radical (unpaired) electrons. The maximum Gasteiger partial charge on any atom is 0.327 e.